The Bertz CT molecular complexity index is 115. The molecule has 1 fully saturated rings. The first-order valence-electron chi connectivity index (χ1n) is 3.50. The molecule has 3 heteroatoms. The highest BCUT2D eigenvalue weighted by Crippen LogP contribution is 2.23. The minimum atomic E-state index is -0.480. The largest absolute Gasteiger partial charge is 0.388 e. The molecule has 1 heterocycles. The first-order valence-corrected chi connectivity index (χ1v) is 3.50. The molecule has 1 N–H and O–H groups in total. The third-order valence-electron chi connectivity index (χ3n) is 2.19. The molecule has 10 heavy (non-hydrogen) atoms. The van der Waals surface area contributed by atoms with Gasteiger partial charge in [0.05, 0.1) is 12.2 Å². The van der Waals surface area contributed by atoms with E-state index in [2.05, 4.69) is 0 Å². The summed E-state index contributed by atoms with van der Waals surface area (Å²) in [4.78, 5) is 0. The standard InChI is InChI=1S/C7H14O3/c1-7(9-2)3-4-10-5-6(7)8/h6,8H,3-5H2,1-2H3/t6-,7?/m0/s1. The van der Waals surface area contributed by atoms with Crippen LogP contribution in [0.25, 0.3) is 0 Å². The van der Waals surface area contributed by atoms with Crippen molar-refractivity contribution in [2.24, 2.45) is 0 Å². The summed E-state index contributed by atoms with van der Waals surface area (Å²) in [5.74, 6) is 0. The van der Waals surface area contributed by atoms with E-state index in [0.717, 1.165) is 6.42 Å². The van der Waals surface area contributed by atoms with Crippen LogP contribution in [0.4, 0.5) is 0 Å². The van der Waals surface area contributed by atoms with Crippen molar-refractivity contribution >= 4 is 0 Å². The highest BCUT2D eigenvalue weighted by atomic mass is 16.5. The van der Waals surface area contributed by atoms with Crippen molar-refractivity contribution in [1.29, 1.82) is 0 Å². The van der Waals surface area contributed by atoms with E-state index in [1.807, 2.05) is 6.92 Å². The summed E-state index contributed by atoms with van der Waals surface area (Å²) in [5.41, 5.74) is -0.391. The fourth-order valence-electron chi connectivity index (χ4n) is 1.05. The Labute approximate surface area is 60.9 Å². The lowest BCUT2D eigenvalue weighted by Gasteiger charge is -2.36. The zero-order chi connectivity index (χ0) is 7.61. The highest BCUT2D eigenvalue weighted by Gasteiger charge is 2.35. The molecule has 0 saturated carbocycles. The summed E-state index contributed by atoms with van der Waals surface area (Å²) < 4.78 is 10.2. The summed E-state index contributed by atoms with van der Waals surface area (Å²) in [6, 6.07) is 0. The second-order valence-electron chi connectivity index (χ2n) is 2.86. The van der Waals surface area contributed by atoms with Crippen molar-refractivity contribution in [3.05, 3.63) is 0 Å². The number of ether oxygens (including phenoxy) is 2. The van der Waals surface area contributed by atoms with Gasteiger partial charge in [-0.05, 0) is 6.92 Å². The molecule has 0 radical (unpaired) electrons. The van der Waals surface area contributed by atoms with Crippen molar-refractivity contribution in [3.8, 4) is 0 Å². The molecule has 0 aliphatic carbocycles. The number of methoxy groups -OCH3 is 1. The third-order valence-corrected chi connectivity index (χ3v) is 2.19. The van der Waals surface area contributed by atoms with E-state index in [4.69, 9.17) is 9.47 Å². The molecule has 60 valence electrons. The van der Waals surface area contributed by atoms with Crippen LogP contribution in [0, 0.1) is 0 Å². The Morgan fingerprint density at radius 3 is 2.80 bits per heavy atom. The van der Waals surface area contributed by atoms with Gasteiger partial charge in [0.15, 0.2) is 0 Å². The number of aliphatic hydroxyl groups is 1. The molecule has 1 saturated heterocycles. The van der Waals surface area contributed by atoms with Gasteiger partial charge in [-0.2, -0.15) is 0 Å². The quantitative estimate of drug-likeness (QED) is 0.573. The third kappa shape index (κ3) is 1.31. The van der Waals surface area contributed by atoms with Gasteiger partial charge in [0, 0.05) is 20.1 Å². The van der Waals surface area contributed by atoms with Crippen LogP contribution in [-0.4, -0.2) is 37.1 Å². The first kappa shape index (κ1) is 7.98. The molecule has 0 aromatic carbocycles. The SMILES string of the molecule is COC1(C)CCOC[C@@H]1O. The Hall–Kier alpha value is -0.120. The molecular formula is C7H14O3. The minimum Gasteiger partial charge on any atom is -0.388 e. The number of hydrogen-bond acceptors (Lipinski definition) is 3. The Balaban J connectivity index is 2.54. The van der Waals surface area contributed by atoms with E-state index >= 15 is 0 Å². The predicted molar refractivity (Wildman–Crippen MR) is 36.9 cm³/mol. The van der Waals surface area contributed by atoms with Gasteiger partial charge in [0.1, 0.15) is 6.10 Å². The van der Waals surface area contributed by atoms with Crippen LogP contribution >= 0.6 is 0 Å². The highest BCUT2D eigenvalue weighted by molar-refractivity contribution is 4.86. The maximum absolute atomic E-state index is 9.38. The molecule has 2 atom stereocenters. The van der Waals surface area contributed by atoms with Crippen molar-refractivity contribution in [3.63, 3.8) is 0 Å². The molecule has 1 unspecified atom stereocenters. The Morgan fingerprint density at radius 2 is 2.40 bits per heavy atom. The number of rotatable bonds is 1. The van der Waals surface area contributed by atoms with Crippen LogP contribution in [0.1, 0.15) is 13.3 Å². The minimum absolute atomic E-state index is 0.391. The fourth-order valence-corrected chi connectivity index (χ4v) is 1.05. The smallest absolute Gasteiger partial charge is 0.106 e. The summed E-state index contributed by atoms with van der Waals surface area (Å²) in [7, 11) is 1.62. The lowest BCUT2D eigenvalue weighted by atomic mass is 9.94. The van der Waals surface area contributed by atoms with E-state index in [0.29, 0.717) is 13.2 Å². The van der Waals surface area contributed by atoms with Gasteiger partial charge in [0.2, 0.25) is 0 Å². The molecule has 1 aliphatic rings. The second-order valence-corrected chi connectivity index (χ2v) is 2.86. The van der Waals surface area contributed by atoms with Crippen LogP contribution in [-0.2, 0) is 9.47 Å². The van der Waals surface area contributed by atoms with Gasteiger partial charge >= 0.3 is 0 Å². The van der Waals surface area contributed by atoms with Crippen LogP contribution in [0.5, 0.6) is 0 Å². The zero-order valence-electron chi connectivity index (χ0n) is 6.46. The summed E-state index contributed by atoms with van der Waals surface area (Å²) in [5, 5.41) is 9.38. The van der Waals surface area contributed by atoms with Gasteiger partial charge in [-0.25, -0.2) is 0 Å². The number of hydrogen-bond donors (Lipinski definition) is 1. The molecule has 0 aromatic heterocycles. The fraction of sp³-hybridized carbons (Fsp3) is 1.00. The van der Waals surface area contributed by atoms with Crippen molar-refractivity contribution in [2.75, 3.05) is 20.3 Å². The van der Waals surface area contributed by atoms with Crippen molar-refractivity contribution in [2.45, 2.75) is 25.0 Å². The molecule has 1 rings (SSSR count). The molecule has 1 aliphatic heterocycles. The summed E-state index contributed by atoms with van der Waals surface area (Å²) in [6.45, 7) is 2.98. The van der Waals surface area contributed by atoms with Gasteiger partial charge < -0.3 is 14.6 Å². The van der Waals surface area contributed by atoms with Gasteiger partial charge in [-0.15, -0.1) is 0 Å². The average molecular weight is 146 g/mol. The van der Waals surface area contributed by atoms with Crippen molar-refractivity contribution < 1.29 is 14.6 Å². The Kier molecular flexibility index (Phi) is 2.28. The first-order chi connectivity index (χ1) is 4.69. The lowest BCUT2D eigenvalue weighted by molar-refractivity contribution is -0.159. The summed E-state index contributed by atoms with van der Waals surface area (Å²) in [6.07, 6.45) is 0.288. The maximum atomic E-state index is 9.38. The van der Waals surface area contributed by atoms with E-state index < -0.39 is 11.7 Å². The summed E-state index contributed by atoms with van der Waals surface area (Å²) >= 11 is 0. The molecule has 0 amide bonds. The van der Waals surface area contributed by atoms with Crippen LogP contribution in [0.3, 0.4) is 0 Å². The average Bonchev–Trinajstić information content (AvgIpc) is 1.96. The van der Waals surface area contributed by atoms with E-state index in [9.17, 15) is 5.11 Å². The number of aliphatic hydroxyl groups excluding tert-OH is 1. The second kappa shape index (κ2) is 2.86. The lowest BCUT2D eigenvalue weighted by Crippen LogP contribution is -2.48. The molecule has 0 spiro atoms. The molecular weight excluding hydrogens is 132 g/mol. The van der Waals surface area contributed by atoms with Crippen LogP contribution in [0.2, 0.25) is 0 Å². The van der Waals surface area contributed by atoms with Crippen LogP contribution < -0.4 is 0 Å². The van der Waals surface area contributed by atoms with Crippen molar-refractivity contribution in [1.82, 2.24) is 0 Å². The predicted octanol–water partition coefficient (Wildman–Crippen LogP) is 0.173. The Morgan fingerprint density at radius 1 is 1.70 bits per heavy atom. The molecule has 0 aromatic rings. The monoisotopic (exact) mass is 146 g/mol. The van der Waals surface area contributed by atoms with Crippen LogP contribution in [0.15, 0.2) is 0 Å². The topological polar surface area (TPSA) is 38.7 Å². The van der Waals surface area contributed by atoms with Gasteiger partial charge in [-0.3, -0.25) is 0 Å². The van der Waals surface area contributed by atoms with Gasteiger partial charge in [-0.1, -0.05) is 0 Å². The normalized spacial score (nSPS) is 41.7. The molecule has 3 nitrogen and oxygen atoms in total. The van der Waals surface area contributed by atoms with E-state index in [1.165, 1.54) is 0 Å². The van der Waals surface area contributed by atoms with Gasteiger partial charge in [0.25, 0.3) is 0 Å². The zero-order valence-corrected chi connectivity index (χ0v) is 6.46. The molecule has 0 bridgehead atoms. The van der Waals surface area contributed by atoms with E-state index in [-0.39, 0.29) is 0 Å². The van der Waals surface area contributed by atoms with E-state index in [1.54, 1.807) is 7.11 Å². The maximum Gasteiger partial charge on any atom is 0.106 e.